The van der Waals surface area contributed by atoms with Crippen molar-refractivity contribution in [2.45, 2.75) is 18.9 Å². The van der Waals surface area contributed by atoms with Crippen LogP contribution >= 0.6 is 0 Å². The maximum absolute atomic E-state index is 12.5. The van der Waals surface area contributed by atoms with E-state index in [1.807, 2.05) is 42.0 Å². The summed E-state index contributed by atoms with van der Waals surface area (Å²) in [5.41, 5.74) is 2.77. The summed E-state index contributed by atoms with van der Waals surface area (Å²) in [5, 5.41) is 4.17. The molecule has 1 N–H and O–H groups in total. The number of benzene rings is 1. The molecule has 110 valence electrons. The molecule has 1 amide bonds. The summed E-state index contributed by atoms with van der Waals surface area (Å²) in [6, 6.07) is 8.17. The van der Waals surface area contributed by atoms with Crippen LogP contribution in [0.25, 0.3) is 17.0 Å². The smallest absolute Gasteiger partial charge is 0.268 e. The second kappa shape index (κ2) is 5.74. The Morgan fingerprint density at radius 2 is 2.19 bits per heavy atom. The van der Waals surface area contributed by atoms with Crippen LogP contribution in [0.5, 0.6) is 0 Å². The third-order valence-corrected chi connectivity index (χ3v) is 4.10. The minimum atomic E-state index is -0.0180. The Balaban J connectivity index is 1.91. The van der Waals surface area contributed by atoms with Crippen molar-refractivity contribution in [1.82, 2.24) is 9.88 Å². The standard InChI is InChI=1S/C17H20N2O2/c1-3-12-5-4-6-13-11-15(19(2)16(12)13)17(20)18-14-7-9-21-10-8-14/h3-6,11,14H,1,7-10H2,2H3,(H,18,20). The summed E-state index contributed by atoms with van der Waals surface area (Å²) in [6.07, 6.45) is 3.59. The lowest BCUT2D eigenvalue weighted by molar-refractivity contribution is 0.0693. The average Bonchev–Trinajstić information content (AvgIpc) is 2.86. The number of ether oxygens (including phenoxy) is 1. The van der Waals surface area contributed by atoms with Gasteiger partial charge in [-0.3, -0.25) is 4.79 Å². The van der Waals surface area contributed by atoms with E-state index in [1.165, 1.54) is 0 Å². The van der Waals surface area contributed by atoms with Gasteiger partial charge in [0.15, 0.2) is 0 Å². The maximum atomic E-state index is 12.5. The van der Waals surface area contributed by atoms with Crippen molar-refractivity contribution in [1.29, 1.82) is 0 Å². The van der Waals surface area contributed by atoms with E-state index in [9.17, 15) is 4.79 Å². The third kappa shape index (κ3) is 2.59. The monoisotopic (exact) mass is 284 g/mol. The van der Waals surface area contributed by atoms with E-state index in [0.717, 1.165) is 42.5 Å². The molecule has 4 nitrogen and oxygen atoms in total. The first-order chi connectivity index (χ1) is 10.2. The molecule has 0 unspecified atom stereocenters. The molecule has 1 aromatic carbocycles. The van der Waals surface area contributed by atoms with Crippen molar-refractivity contribution in [3.8, 4) is 0 Å². The summed E-state index contributed by atoms with van der Waals surface area (Å²) in [7, 11) is 1.92. The van der Waals surface area contributed by atoms with Crippen molar-refractivity contribution in [3.63, 3.8) is 0 Å². The van der Waals surface area contributed by atoms with Crippen molar-refractivity contribution in [2.24, 2.45) is 7.05 Å². The van der Waals surface area contributed by atoms with E-state index in [2.05, 4.69) is 11.9 Å². The first-order valence-corrected chi connectivity index (χ1v) is 7.30. The number of hydrogen-bond donors (Lipinski definition) is 1. The minimum Gasteiger partial charge on any atom is -0.381 e. The van der Waals surface area contributed by atoms with Crippen LogP contribution in [0, 0.1) is 0 Å². The number of hydrogen-bond acceptors (Lipinski definition) is 2. The van der Waals surface area contributed by atoms with Crippen LogP contribution < -0.4 is 5.32 Å². The van der Waals surface area contributed by atoms with Crippen LogP contribution in [0.3, 0.4) is 0 Å². The van der Waals surface area contributed by atoms with Crippen LogP contribution in [0.2, 0.25) is 0 Å². The number of carbonyl (C=O) groups is 1. The van der Waals surface area contributed by atoms with Gasteiger partial charge in [0.1, 0.15) is 5.69 Å². The van der Waals surface area contributed by atoms with E-state index in [-0.39, 0.29) is 11.9 Å². The Morgan fingerprint density at radius 1 is 1.43 bits per heavy atom. The van der Waals surface area contributed by atoms with E-state index >= 15 is 0 Å². The van der Waals surface area contributed by atoms with Gasteiger partial charge in [0.2, 0.25) is 0 Å². The van der Waals surface area contributed by atoms with E-state index in [0.29, 0.717) is 5.69 Å². The van der Waals surface area contributed by atoms with E-state index < -0.39 is 0 Å². The number of carbonyl (C=O) groups excluding carboxylic acids is 1. The second-order valence-corrected chi connectivity index (χ2v) is 5.44. The van der Waals surface area contributed by atoms with Crippen LogP contribution in [0.1, 0.15) is 28.9 Å². The van der Waals surface area contributed by atoms with Crippen molar-refractivity contribution >= 4 is 22.9 Å². The molecule has 3 rings (SSSR count). The second-order valence-electron chi connectivity index (χ2n) is 5.44. The Bertz CT molecular complexity index is 681. The molecule has 4 heteroatoms. The normalized spacial score (nSPS) is 16.0. The molecule has 0 saturated carbocycles. The molecule has 2 heterocycles. The van der Waals surface area contributed by atoms with Crippen LogP contribution in [-0.4, -0.2) is 29.7 Å². The topological polar surface area (TPSA) is 43.3 Å². The zero-order valence-electron chi connectivity index (χ0n) is 12.3. The molecule has 1 aliphatic rings. The predicted molar refractivity (Wildman–Crippen MR) is 84.3 cm³/mol. The third-order valence-electron chi connectivity index (χ3n) is 4.10. The SMILES string of the molecule is C=Cc1cccc2cc(C(=O)NC3CCOCC3)n(C)c12. The molecule has 2 aromatic rings. The van der Waals surface area contributed by atoms with Crippen LogP contribution in [-0.2, 0) is 11.8 Å². The number of aromatic nitrogens is 1. The summed E-state index contributed by atoms with van der Waals surface area (Å²) in [6.45, 7) is 5.29. The Morgan fingerprint density at radius 3 is 2.90 bits per heavy atom. The number of nitrogens with zero attached hydrogens (tertiary/aromatic N) is 1. The Hall–Kier alpha value is -2.07. The molecule has 0 spiro atoms. The summed E-state index contributed by atoms with van der Waals surface area (Å²) < 4.78 is 7.27. The van der Waals surface area contributed by atoms with E-state index in [1.54, 1.807) is 0 Å². The average molecular weight is 284 g/mol. The number of rotatable bonds is 3. The lowest BCUT2D eigenvalue weighted by atomic mass is 10.1. The Kier molecular flexibility index (Phi) is 3.80. The van der Waals surface area contributed by atoms with Crippen molar-refractivity contribution < 1.29 is 9.53 Å². The number of aryl methyl sites for hydroxylation is 1. The first-order valence-electron chi connectivity index (χ1n) is 7.30. The highest BCUT2D eigenvalue weighted by Gasteiger charge is 2.20. The maximum Gasteiger partial charge on any atom is 0.268 e. The van der Waals surface area contributed by atoms with Gasteiger partial charge in [0, 0.05) is 31.7 Å². The highest BCUT2D eigenvalue weighted by atomic mass is 16.5. The molecule has 21 heavy (non-hydrogen) atoms. The molecule has 0 atom stereocenters. The van der Waals surface area contributed by atoms with Gasteiger partial charge in [-0.1, -0.05) is 30.9 Å². The number of amides is 1. The molecule has 1 aliphatic heterocycles. The van der Waals surface area contributed by atoms with Gasteiger partial charge >= 0.3 is 0 Å². The highest BCUT2D eigenvalue weighted by molar-refractivity contribution is 6.00. The molecule has 0 bridgehead atoms. The van der Waals surface area contributed by atoms with Gasteiger partial charge in [0.05, 0.1) is 5.52 Å². The van der Waals surface area contributed by atoms with Gasteiger partial charge in [-0.05, 0) is 24.5 Å². The largest absolute Gasteiger partial charge is 0.381 e. The van der Waals surface area contributed by atoms with Gasteiger partial charge in [-0.15, -0.1) is 0 Å². The molecule has 0 aliphatic carbocycles. The van der Waals surface area contributed by atoms with Gasteiger partial charge in [-0.25, -0.2) is 0 Å². The van der Waals surface area contributed by atoms with Crippen molar-refractivity contribution in [2.75, 3.05) is 13.2 Å². The van der Waals surface area contributed by atoms with Gasteiger partial charge < -0.3 is 14.6 Å². The van der Waals surface area contributed by atoms with Crippen LogP contribution in [0.4, 0.5) is 0 Å². The summed E-state index contributed by atoms with van der Waals surface area (Å²) >= 11 is 0. The fourth-order valence-electron chi connectivity index (χ4n) is 2.93. The Labute approximate surface area is 124 Å². The molecule has 1 fully saturated rings. The fourth-order valence-corrected chi connectivity index (χ4v) is 2.93. The zero-order chi connectivity index (χ0) is 14.8. The summed E-state index contributed by atoms with van der Waals surface area (Å²) in [5.74, 6) is -0.0180. The lowest BCUT2D eigenvalue weighted by Crippen LogP contribution is -2.39. The molecule has 1 aromatic heterocycles. The van der Waals surface area contributed by atoms with Gasteiger partial charge in [0.25, 0.3) is 5.91 Å². The minimum absolute atomic E-state index is 0.0180. The lowest BCUT2D eigenvalue weighted by Gasteiger charge is -2.23. The predicted octanol–water partition coefficient (Wildman–Crippen LogP) is 2.73. The van der Waals surface area contributed by atoms with Crippen molar-refractivity contribution in [3.05, 3.63) is 42.1 Å². The molecular formula is C17H20N2O2. The number of para-hydroxylation sites is 1. The highest BCUT2D eigenvalue weighted by Crippen LogP contribution is 2.23. The van der Waals surface area contributed by atoms with Crippen LogP contribution in [0.15, 0.2) is 30.8 Å². The fraction of sp³-hybridized carbons (Fsp3) is 0.353. The number of nitrogens with one attached hydrogen (secondary N) is 1. The molecule has 0 radical (unpaired) electrons. The van der Waals surface area contributed by atoms with E-state index in [4.69, 9.17) is 4.74 Å². The van der Waals surface area contributed by atoms with Gasteiger partial charge in [-0.2, -0.15) is 0 Å². The molecular weight excluding hydrogens is 264 g/mol. The first kappa shape index (κ1) is 13.9. The molecule has 1 saturated heterocycles. The quantitative estimate of drug-likeness (QED) is 0.941. The number of fused-ring (bicyclic) bond motifs is 1. The zero-order valence-corrected chi connectivity index (χ0v) is 12.3. The summed E-state index contributed by atoms with van der Waals surface area (Å²) in [4.78, 5) is 12.5.